The summed E-state index contributed by atoms with van der Waals surface area (Å²) in [5, 5.41) is 11.9. The number of hydrogen-bond donors (Lipinski definition) is 1. The minimum Gasteiger partial charge on any atom is -0.305 e. The Bertz CT molecular complexity index is 1380. The Balaban J connectivity index is 1.34. The number of fused-ring (bicyclic) bond motifs is 1. The van der Waals surface area contributed by atoms with Gasteiger partial charge < -0.3 is 5.32 Å². The summed E-state index contributed by atoms with van der Waals surface area (Å²) in [6.45, 7) is 2.66. The molecular formula is C25H21ClN6O. The first-order valence-electron chi connectivity index (χ1n) is 10.7. The van der Waals surface area contributed by atoms with E-state index in [4.69, 9.17) is 11.6 Å². The normalized spacial score (nSPS) is 14.8. The van der Waals surface area contributed by atoms with Crippen LogP contribution in [0.1, 0.15) is 45.3 Å². The van der Waals surface area contributed by atoms with Crippen molar-refractivity contribution < 1.29 is 4.79 Å². The Kier molecular flexibility index (Phi) is 5.68. The number of halogens is 1. The summed E-state index contributed by atoms with van der Waals surface area (Å²) in [4.78, 5) is 17.6. The van der Waals surface area contributed by atoms with Gasteiger partial charge in [-0.2, -0.15) is 10.2 Å². The number of rotatable bonds is 3. The lowest BCUT2D eigenvalue weighted by Crippen LogP contribution is -2.27. The van der Waals surface area contributed by atoms with Gasteiger partial charge in [0.2, 0.25) is 0 Å². The van der Waals surface area contributed by atoms with Crippen LogP contribution in [0.3, 0.4) is 0 Å². The van der Waals surface area contributed by atoms with E-state index in [9.17, 15) is 4.79 Å². The molecule has 1 atom stereocenters. The predicted octanol–water partition coefficient (Wildman–Crippen LogP) is 4.28. The minimum absolute atomic E-state index is 0.0344. The topological polar surface area (TPSA) is 77.6 Å². The molecule has 4 heterocycles. The SMILES string of the molecule is Cc1cc(C#Cc2ccccc2)cnc1NC(=O)c1c(Cl)cnn1C1CCn2nccc2C1. The smallest absolute Gasteiger partial charge is 0.276 e. The average Bonchev–Trinajstić information content (AvgIpc) is 3.45. The molecule has 0 fully saturated rings. The molecule has 33 heavy (non-hydrogen) atoms. The number of nitrogens with zero attached hydrogens (tertiary/aromatic N) is 5. The third kappa shape index (κ3) is 4.38. The monoisotopic (exact) mass is 456 g/mol. The van der Waals surface area contributed by atoms with Gasteiger partial charge in [-0.25, -0.2) is 4.98 Å². The van der Waals surface area contributed by atoms with Crippen LogP contribution in [0, 0.1) is 18.8 Å². The zero-order chi connectivity index (χ0) is 22.8. The van der Waals surface area contributed by atoms with E-state index in [0.717, 1.165) is 41.8 Å². The number of benzene rings is 1. The van der Waals surface area contributed by atoms with E-state index < -0.39 is 0 Å². The maximum absolute atomic E-state index is 13.2. The highest BCUT2D eigenvalue weighted by Gasteiger charge is 2.27. The molecular weight excluding hydrogens is 436 g/mol. The molecule has 8 heteroatoms. The third-order valence-electron chi connectivity index (χ3n) is 5.67. The molecule has 0 bridgehead atoms. The molecule has 3 aromatic heterocycles. The number of carbonyl (C=O) groups excluding carboxylic acids is 1. The van der Waals surface area contributed by atoms with E-state index in [1.165, 1.54) is 6.20 Å². The Hall–Kier alpha value is -3.89. The Morgan fingerprint density at radius 3 is 2.76 bits per heavy atom. The van der Waals surface area contributed by atoms with Crippen LogP contribution in [0.5, 0.6) is 0 Å². The zero-order valence-corrected chi connectivity index (χ0v) is 18.8. The van der Waals surface area contributed by atoms with Gasteiger partial charge in [0.1, 0.15) is 11.5 Å². The van der Waals surface area contributed by atoms with Crippen molar-refractivity contribution in [3.8, 4) is 11.8 Å². The Labute approximate surface area is 196 Å². The maximum Gasteiger partial charge on any atom is 0.276 e. The van der Waals surface area contributed by atoms with Crippen molar-refractivity contribution in [2.45, 2.75) is 32.4 Å². The molecule has 7 nitrogen and oxygen atoms in total. The molecule has 0 spiro atoms. The van der Waals surface area contributed by atoms with Crippen molar-refractivity contribution >= 4 is 23.3 Å². The van der Waals surface area contributed by atoms with E-state index in [-0.39, 0.29) is 11.9 Å². The van der Waals surface area contributed by atoms with Gasteiger partial charge in [-0.15, -0.1) is 0 Å². The van der Waals surface area contributed by atoms with Crippen molar-refractivity contribution in [2.24, 2.45) is 0 Å². The van der Waals surface area contributed by atoms with E-state index in [2.05, 4.69) is 32.3 Å². The van der Waals surface area contributed by atoms with Gasteiger partial charge in [0.05, 0.1) is 17.3 Å². The molecule has 5 rings (SSSR count). The first kappa shape index (κ1) is 21.0. The van der Waals surface area contributed by atoms with Crippen LogP contribution in [-0.4, -0.2) is 30.5 Å². The number of carbonyl (C=O) groups is 1. The van der Waals surface area contributed by atoms with Gasteiger partial charge in [-0.1, -0.05) is 41.6 Å². The summed E-state index contributed by atoms with van der Waals surface area (Å²) in [5.74, 6) is 6.35. The predicted molar refractivity (Wildman–Crippen MR) is 126 cm³/mol. The molecule has 4 aromatic rings. The van der Waals surface area contributed by atoms with Gasteiger partial charge in [0, 0.05) is 42.2 Å². The van der Waals surface area contributed by atoms with Crippen LogP contribution >= 0.6 is 11.6 Å². The summed E-state index contributed by atoms with van der Waals surface area (Å²) in [6.07, 6.45) is 6.53. The van der Waals surface area contributed by atoms with E-state index >= 15 is 0 Å². The largest absolute Gasteiger partial charge is 0.305 e. The van der Waals surface area contributed by atoms with E-state index in [0.29, 0.717) is 16.5 Å². The summed E-state index contributed by atoms with van der Waals surface area (Å²) < 4.78 is 3.71. The van der Waals surface area contributed by atoms with Gasteiger partial charge in [0.15, 0.2) is 0 Å². The minimum atomic E-state index is -0.338. The molecule has 1 aromatic carbocycles. The fourth-order valence-electron chi connectivity index (χ4n) is 4.00. The lowest BCUT2D eigenvalue weighted by molar-refractivity contribution is 0.101. The van der Waals surface area contributed by atoms with Crippen LogP contribution in [-0.2, 0) is 13.0 Å². The average molecular weight is 457 g/mol. The van der Waals surface area contributed by atoms with Crippen molar-refractivity contribution in [3.05, 3.63) is 94.2 Å². The van der Waals surface area contributed by atoms with Crippen LogP contribution in [0.25, 0.3) is 0 Å². The van der Waals surface area contributed by atoms with Crippen molar-refractivity contribution in [1.82, 2.24) is 24.5 Å². The molecule has 1 amide bonds. The number of aromatic nitrogens is 5. The summed E-state index contributed by atoms with van der Waals surface area (Å²) in [7, 11) is 0. The Morgan fingerprint density at radius 2 is 1.94 bits per heavy atom. The van der Waals surface area contributed by atoms with Gasteiger partial charge in [-0.3, -0.25) is 14.2 Å². The molecule has 1 aliphatic heterocycles. The van der Waals surface area contributed by atoms with Crippen LogP contribution in [0.15, 0.2) is 61.1 Å². The highest BCUT2D eigenvalue weighted by atomic mass is 35.5. The number of pyridine rings is 1. The van der Waals surface area contributed by atoms with Crippen LogP contribution in [0.4, 0.5) is 5.82 Å². The number of amides is 1. The number of nitrogens with one attached hydrogen (secondary N) is 1. The second kappa shape index (κ2) is 8.93. The molecule has 0 radical (unpaired) electrons. The second-order valence-corrected chi connectivity index (χ2v) is 8.34. The quantitative estimate of drug-likeness (QED) is 0.467. The number of hydrogen-bond acceptors (Lipinski definition) is 4. The molecule has 0 saturated heterocycles. The van der Waals surface area contributed by atoms with Crippen LogP contribution < -0.4 is 5.32 Å². The fourth-order valence-corrected chi connectivity index (χ4v) is 4.21. The fraction of sp³-hybridized carbons (Fsp3) is 0.200. The highest BCUT2D eigenvalue weighted by molar-refractivity contribution is 6.34. The molecule has 1 aliphatic rings. The summed E-state index contributed by atoms with van der Waals surface area (Å²) >= 11 is 6.37. The molecule has 164 valence electrons. The lowest BCUT2D eigenvalue weighted by Gasteiger charge is -2.25. The zero-order valence-electron chi connectivity index (χ0n) is 18.0. The molecule has 1 unspecified atom stereocenters. The second-order valence-electron chi connectivity index (χ2n) is 7.94. The first-order valence-corrected chi connectivity index (χ1v) is 11.0. The standard InChI is InChI=1S/C25H21ClN6O/c1-17-13-19(8-7-18-5-3-2-4-6-18)15-27-24(17)30-25(33)23-22(26)16-29-32(23)21-10-12-31-20(14-21)9-11-28-31/h2-6,9,11,13,15-16,21H,10,12,14H2,1H3,(H,27,30,33). The first-order chi connectivity index (χ1) is 16.1. The number of anilines is 1. The summed E-state index contributed by atoms with van der Waals surface area (Å²) in [6, 6.07) is 13.7. The van der Waals surface area contributed by atoms with Crippen LogP contribution in [0.2, 0.25) is 5.02 Å². The lowest BCUT2D eigenvalue weighted by atomic mass is 10.0. The molecule has 0 aliphatic carbocycles. The van der Waals surface area contributed by atoms with Gasteiger partial charge in [0.25, 0.3) is 5.91 Å². The maximum atomic E-state index is 13.2. The van der Waals surface area contributed by atoms with Crippen molar-refractivity contribution in [3.63, 3.8) is 0 Å². The van der Waals surface area contributed by atoms with E-state index in [1.54, 1.807) is 17.1 Å². The van der Waals surface area contributed by atoms with Crippen molar-refractivity contribution in [2.75, 3.05) is 5.32 Å². The van der Waals surface area contributed by atoms with Gasteiger partial charge in [-0.05, 0) is 43.2 Å². The number of aryl methyl sites for hydroxylation is 2. The van der Waals surface area contributed by atoms with Gasteiger partial charge >= 0.3 is 0 Å². The third-order valence-corrected chi connectivity index (χ3v) is 5.95. The highest BCUT2D eigenvalue weighted by Crippen LogP contribution is 2.28. The molecule has 0 saturated carbocycles. The summed E-state index contributed by atoms with van der Waals surface area (Å²) in [5.41, 5.74) is 3.97. The van der Waals surface area contributed by atoms with Crippen molar-refractivity contribution in [1.29, 1.82) is 0 Å². The van der Waals surface area contributed by atoms with E-state index in [1.807, 2.05) is 54.1 Å². The molecule has 1 N–H and O–H groups in total. The Morgan fingerprint density at radius 1 is 1.12 bits per heavy atom.